The Morgan fingerprint density at radius 1 is 1.45 bits per heavy atom. The van der Waals surface area contributed by atoms with Gasteiger partial charge in [-0.1, -0.05) is 0 Å². The number of likely N-dealkylation sites (tertiary alicyclic amines) is 1. The molecule has 116 valence electrons. The first-order chi connectivity index (χ1) is 10.6. The van der Waals surface area contributed by atoms with Crippen LogP contribution in [0.25, 0.3) is 0 Å². The fourth-order valence-electron chi connectivity index (χ4n) is 2.83. The van der Waals surface area contributed by atoms with E-state index in [-0.39, 0.29) is 17.7 Å². The Bertz CT molecular complexity index is 701. The Hall–Kier alpha value is -2.44. The van der Waals surface area contributed by atoms with E-state index in [1.54, 1.807) is 11.2 Å². The largest absolute Gasteiger partial charge is 0.494 e. The Morgan fingerprint density at radius 2 is 2.27 bits per heavy atom. The summed E-state index contributed by atoms with van der Waals surface area (Å²) in [5.74, 6) is 0.203. The molecule has 0 bridgehead atoms. The molecule has 1 atom stereocenters. The van der Waals surface area contributed by atoms with Crippen LogP contribution in [-0.2, 0) is 7.05 Å². The van der Waals surface area contributed by atoms with Crippen molar-refractivity contribution in [3.8, 4) is 5.75 Å². The highest BCUT2D eigenvalue weighted by atomic mass is 19.1. The van der Waals surface area contributed by atoms with Gasteiger partial charge in [0.25, 0.3) is 5.91 Å². The molecule has 1 fully saturated rings. The topological polar surface area (TPSA) is 60.2 Å². The van der Waals surface area contributed by atoms with Gasteiger partial charge in [-0.15, -0.1) is 10.2 Å². The first kappa shape index (κ1) is 14.5. The third kappa shape index (κ3) is 2.43. The lowest BCUT2D eigenvalue weighted by atomic mass is 10.1. The number of hydrogen-bond acceptors (Lipinski definition) is 4. The van der Waals surface area contributed by atoms with Crippen LogP contribution >= 0.6 is 0 Å². The van der Waals surface area contributed by atoms with Crippen molar-refractivity contribution in [3.05, 3.63) is 41.7 Å². The second-order valence-corrected chi connectivity index (χ2v) is 5.31. The minimum Gasteiger partial charge on any atom is -0.494 e. The van der Waals surface area contributed by atoms with Gasteiger partial charge in [-0.05, 0) is 31.0 Å². The Balaban J connectivity index is 1.89. The molecule has 22 heavy (non-hydrogen) atoms. The van der Waals surface area contributed by atoms with Crippen LogP contribution in [0.2, 0.25) is 0 Å². The summed E-state index contributed by atoms with van der Waals surface area (Å²) in [6, 6.07) is 4.06. The minimum atomic E-state index is -0.481. The van der Waals surface area contributed by atoms with Crippen LogP contribution in [0.4, 0.5) is 4.39 Å². The van der Waals surface area contributed by atoms with Crippen LogP contribution in [0.3, 0.4) is 0 Å². The SMILES string of the molecule is COc1cc(C(=O)N2CCCC2c2nncn2C)ccc1F. The zero-order valence-electron chi connectivity index (χ0n) is 12.5. The fraction of sp³-hybridized carbons (Fsp3) is 0.400. The number of rotatable bonds is 3. The molecular formula is C15H17FN4O2. The summed E-state index contributed by atoms with van der Waals surface area (Å²) in [6.45, 7) is 0.649. The van der Waals surface area contributed by atoms with Gasteiger partial charge in [-0.25, -0.2) is 4.39 Å². The van der Waals surface area contributed by atoms with Crippen LogP contribution in [0.5, 0.6) is 5.75 Å². The Kier molecular flexibility index (Phi) is 3.79. The van der Waals surface area contributed by atoms with E-state index in [4.69, 9.17) is 4.74 Å². The molecule has 1 aliphatic heterocycles. The lowest BCUT2D eigenvalue weighted by Crippen LogP contribution is -2.31. The summed E-state index contributed by atoms with van der Waals surface area (Å²) in [4.78, 5) is 14.5. The van der Waals surface area contributed by atoms with E-state index in [9.17, 15) is 9.18 Å². The van der Waals surface area contributed by atoms with Crippen molar-refractivity contribution in [1.29, 1.82) is 0 Å². The molecule has 0 aliphatic carbocycles. The quantitative estimate of drug-likeness (QED) is 0.869. The predicted octanol–water partition coefficient (Wildman–Crippen LogP) is 1.94. The summed E-state index contributed by atoms with van der Waals surface area (Å²) < 4.78 is 20.3. The molecule has 1 unspecified atom stereocenters. The van der Waals surface area contributed by atoms with Crippen LogP contribution in [-0.4, -0.2) is 39.2 Å². The van der Waals surface area contributed by atoms with Crippen molar-refractivity contribution < 1.29 is 13.9 Å². The number of nitrogens with zero attached hydrogens (tertiary/aromatic N) is 4. The summed E-state index contributed by atoms with van der Waals surface area (Å²) in [5, 5.41) is 7.98. The summed E-state index contributed by atoms with van der Waals surface area (Å²) in [5.41, 5.74) is 0.410. The van der Waals surface area contributed by atoms with Crippen molar-refractivity contribution >= 4 is 5.91 Å². The number of halogens is 1. The number of aryl methyl sites for hydroxylation is 1. The molecule has 1 aliphatic rings. The second kappa shape index (κ2) is 5.75. The number of hydrogen-bond donors (Lipinski definition) is 0. The Morgan fingerprint density at radius 3 is 2.95 bits per heavy atom. The highest BCUT2D eigenvalue weighted by Crippen LogP contribution is 2.32. The van der Waals surface area contributed by atoms with Gasteiger partial charge in [0.1, 0.15) is 6.33 Å². The minimum absolute atomic E-state index is 0.0697. The Labute approximate surface area is 127 Å². The molecule has 1 amide bonds. The monoisotopic (exact) mass is 304 g/mol. The molecule has 1 saturated heterocycles. The first-order valence-corrected chi connectivity index (χ1v) is 7.10. The standard InChI is InChI=1S/C15H17FN4O2/c1-19-9-17-18-14(19)12-4-3-7-20(12)15(21)10-5-6-11(16)13(8-10)22-2/h5-6,8-9,12H,3-4,7H2,1-2H3. The third-order valence-corrected chi connectivity index (χ3v) is 3.96. The average molecular weight is 304 g/mol. The molecule has 1 aromatic carbocycles. The van der Waals surface area contributed by atoms with E-state index in [2.05, 4.69) is 10.2 Å². The molecule has 2 heterocycles. The van der Waals surface area contributed by atoms with Gasteiger partial charge in [0, 0.05) is 19.2 Å². The van der Waals surface area contributed by atoms with E-state index in [1.807, 2.05) is 11.6 Å². The van der Waals surface area contributed by atoms with Crippen molar-refractivity contribution in [1.82, 2.24) is 19.7 Å². The number of carbonyl (C=O) groups excluding carboxylic acids is 1. The number of aromatic nitrogens is 3. The molecule has 0 radical (unpaired) electrons. The van der Waals surface area contributed by atoms with Gasteiger partial charge < -0.3 is 14.2 Å². The maximum absolute atomic E-state index is 13.5. The maximum Gasteiger partial charge on any atom is 0.254 e. The summed E-state index contributed by atoms with van der Waals surface area (Å²) >= 11 is 0. The lowest BCUT2D eigenvalue weighted by molar-refractivity contribution is 0.0727. The molecule has 0 saturated carbocycles. The molecular weight excluding hydrogens is 287 g/mol. The van der Waals surface area contributed by atoms with E-state index in [0.29, 0.717) is 12.1 Å². The van der Waals surface area contributed by atoms with Crippen molar-refractivity contribution in [3.63, 3.8) is 0 Å². The van der Waals surface area contributed by atoms with Crippen molar-refractivity contribution in [2.45, 2.75) is 18.9 Å². The third-order valence-electron chi connectivity index (χ3n) is 3.96. The number of methoxy groups -OCH3 is 1. The maximum atomic E-state index is 13.5. The lowest BCUT2D eigenvalue weighted by Gasteiger charge is -2.24. The van der Waals surface area contributed by atoms with Crippen LogP contribution in [0.15, 0.2) is 24.5 Å². The summed E-state index contributed by atoms with van der Waals surface area (Å²) in [6.07, 6.45) is 3.37. The number of amides is 1. The molecule has 6 nitrogen and oxygen atoms in total. The normalized spacial score (nSPS) is 17.8. The average Bonchev–Trinajstić information content (AvgIpc) is 3.15. The zero-order valence-corrected chi connectivity index (χ0v) is 12.5. The number of ether oxygens (including phenoxy) is 1. The predicted molar refractivity (Wildman–Crippen MR) is 77.0 cm³/mol. The molecule has 1 aromatic heterocycles. The highest BCUT2D eigenvalue weighted by Gasteiger charge is 2.33. The summed E-state index contributed by atoms with van der Waals surface area (Å²) in [7, 11) is 3.24. The highest BCUT2D eigenvalue weighted by molar-refractivity contribution is 5.95. The van der Waals surface area contributed by atoms with E-state index < -0.39 is 5.82 Å². The smallest absolute Gasteiger partial charge is 0.254 e. The second-order valence-electron chi connectivity index (χ2n) is 5.31. The van der Waals surface area contributed by atoms with Crippen molar-refractivity contribution in [2.24, 2.45) is 7.05 Å². The molecule has 0 spiro atoms. The van der Waals surface area contributed by atoms with E-state index >= 15 is 0 Å². The van der Waals surface area contributed by atoms with Crippen LogP contribution in [0.1, 0.15) is 35.1 Å². The fourth-order valence-corrected chi connectivity index (χ4v) is 2.83. The van der Waals surface area contributed by atoms with Crippen molar-refractivity contribution in [2.75, 3.05) is 13.7 Å². The molecule has 0 N–H and O–H groups in total. The van der Waals surface area contributed by atoms with Gasteiger partial charge >= 0.3 is 0 Å². The van der Waals surface area contributed by atoms with E-state index in [1.165, 1.54) is 25.3 Å². The molecule has 7 heteroatoms. The van der Waals surface area contributed by atoms with Gasteiger partial charge in [-0.3, -0.25) is 4.79 Å². The van der Waals surface area contributed by atoms with Gasteiger partial charge in [0.2, 0.25) is 0 Å². The molecule has 3 rings (SSSR count). The van der Waals surface area contributed by atoms with Gasteiger partial charge in [0.15, 0.2) is 17.4 Å². The molecule has 2 aromatic rings. The van der Waals surface area contributed by atoms with Crippen LogP contribution < -0.4 is 4.74 Å². The van der Waals surface area contributed by atoms with Gasteiger partial charge in [0.05, 0.1) is 13.2 Å². The van der Waals surface area contributed by atoms with Crippen LogP contribution in [0, 0.1) is 5.82 Å². The van der Waals surface area contributed by atoms with E-state index in [0.717, 1.165) is 18.7 Å². The first-order valence-electron chi connectivity index (χ1n) is 7.10. The number of carbonyl (C=O) groups is 1. The zero-order chi connectivity index (χ0) is 15.7. The van der Waals surface area contributed by atoms with Gasteiger partial charge in [-0.2, -0.15) is 0 Å². The number of benzene rings is 1.